The van der Waals surface area contributed by atoms with E-state index in [2.05, 4.69) is 0 Å². The summed E-state index contributed by atoms with van der Waals surface area (Å²) in [4.78, 5) is 0. The Hall–Kier alpha value is -1.44. The summed E-state index contributed by atoms with van der Waals surface area (Å²) in [6, 6.07) is 3.79. The van der Waals surface area contributed by atoms with E-state index >= 15 is 0 Å². The Morgan fingerprint density at radius 1 is 0.909 bits per heavy atom. The predicted molar refractivity (Wildman–Crippen MR) is 39.9 cm³/mol. The first-order valence-electron chi connectivity index (χ1n) is 3.34. The Kier molecular flexibility index (Phi) is 1.52. The largest absolute Gasteiger partial charge is 0.472 e. The highest BCUT2D eigenvalue weighted by Gasteiger charge is 1.97. The zero-order valence-electron chi connectivity index (χ0n) is 5.86. The molecule has 2 heteroatoms. The van der Waals surface area contributed by atoms with E-state index < -0.39 is 0 Å². The molecule has 0 aliphatic heterocycles. The van der Waals surface area contributed by atoms with Crippen LogP contribution >= 0.6 is 0 Å². The van der Waals surface area contributed by atoms with E-state index in [1.165, 1.54) is 0 Å². The predicted octanol–water partition coefficient (Wildman–Crippen LogP) is 2.47. The number of furan rings is 2. The zero-order chi connectivity index (χ0) is 7.52. The van der Waals surface area contributed by atoms with Gasteiger partial charge in [-0.05, 0) is 23.3 Å². The normalized spacial score (nSPS) is 10.2. The minimum atomic E-state index is 1.05. The molecule has 0 saturated heterocycles. The van der Waals surface area contributed by atoms with Crippen molar-refractivity contribution in [2.75, 3.05) is 0 Å². The van der Waals surface area contributed by atoms with Gasteiger partial charge in [-0.3, -0.25) is 0 Å². The lowest BCUT2D eigenvalue weighted by Gasteiger charge is -1.87. The van der Waals surface area contributed by atoms with E-state index in [1.54, 1.807) is 25.1 Å². The Morgan fingerprint density at radius 2 is 1.45 bits per heavy atom. The first-order chi connectivity index (χ1) is 5.45. The topological polar surface area (TPSA) is 26.3 Å². The molecule has 0 bridgehead atoms. The zero-order valence-corrected chi connectivity index (χ0v) is 5.86. The van der Waals surface area contributed by atoms with Crippen molar-refractivity contribution in [3.63, 3.8) is 0 Å². The molecule has 2 nitrogen and oxygen atoms in total. The first-order valence-corrected chi connectivity index (χ1v) is 3.34. The van der Waals surface area contributed by atoms with Gasteiger partial charge in [0.05, 0.1) is 25.1 Å². The van der Waals surface area contributed by atoms with Gasteiger partial charge in [0.1, 0.15) is 0 Å². The fourth-order valence-electron chi connectivity index (χ4n) is 0.907. The van der Waals surface area contributed by atoms with Gasteiger partial charge < -0.3 is 8.83 Å². The van der Waals surface area contributed by atoms with Crippen LogP contribution in [-0.4, -0.2) is 0 Å². The van der Waals surface area contributed by atoms with Crippen LogP contribution in [0.15, 0.2) is 46.0 Å². The highest BCUT2D eigenvalue weighted by atomic mass is 16.3. The molecular formula is C9H7O2. The van der Waals surface area contributed by atoms with Crippen molar-refractivity contribution < 1.29 is 8.83 Å². The summed E-state index contributed by atoms with van der Waals surface area (Å²) in [6.45, 7) is 0. The summed E-state index contributed by atoms with van der Waals surface area (Å²) in [7, 11) is 0. The average molecular weight is 147 g/mol. The first kappa shape index (κ1) is 6.28. The lowest BCUT2D eigenvalue weighted by Crippen LogP contribution is -1.75. The van der Waals surface area contributed by atoms with Crippen molar-refractivity contribution in [2.45, 2.75) is 0 Å². The van der Waals surface area contributed by atoms with Gasteiger partial charge in [0, 0.05) is 6.42 Å². The lowest BCUT2D eigenvalue weighted by molar-refractivity contribution is 0.564. The van der Waals surface area contributed by atoms with Gasteiger partial charge in [0.2, 0.25) is 0 Å². The fourth-order valence-corrected chi connectivity index (χ4v) is 0.907. The number of rotatable bonds is 2. The van der Waals surface area contributed by atoms with Gasteiger partial charge in [-0.15, -0.1) is 0 Å². The summed E-state index contributed by atoms with van der Waals surface area (Å²) >= 11 is 0. The summed E-state index contributed by atoms with van der Waals surface area (Å²) in [6.07, 6.45) is 8.64. The van der Waals surface area contributed by atoms with Gasteiger partial charge >= 0.3 is 0 Å². The molecule has 2 heterocycles. The molecule has 0 aliphatic carbocycles. The van der Waals surface area contributed by atoms with E-state index in [4.69, 9.17) is 8.83 Å². The minimum absolute atomic E-state index is 1.05. The van der Waals surface area contributed by atoms with Gasteiger partial charge in [-0.25, -0.2) is 0 Å². The maximum Gasteiger partial charge on any atom is 0.0941 e. The van der Waals surface area contributed by atoms with E-state index in [-0.39, 0.29) is 0 Å². The molecule has 2 aromatic heterocycles. The number of hydrogen-bond acceptors (Lipinski definition) is 2. The maximum atomic E-state index is 4.90. The fraction of sp³-hybridized carbons (Fsp3) is 0. The van der Waals surface area contributed by atoms with Crippen molar-refractivity contribution >= 4 is 0 Å². The van der Waals surface area contributed by atoms with E-state index in [0.717, 1.165) is 11.1 Å². The molecule has 2 aromatic rings. The van der Waals surface area contributed by atoms with E-state index in [9.17, 15) is 0 Å². The summed E-state index contributed by atoms with van der Waals surface area (Å²) in [5.74, 6) is 0. The van der Waals surface area contributed by atoms with Gasteiger partial charge in [0.15, 0.2) is 0 Å². The molecule has 0 aromatic carbocycles. The van der Waals surface area contributed by atoms with Crippen LogP contribution in [0.1, 0.15) is 11.1 Å². The van der Waals surface area contributed by atoms with Crippen molar-refractivity contribution in [2.24, 2.45) is 0 Å². The van der Waals surface area contributed by atoms with Gasteiger partial charge in [-0.2, -0.15) is 0 Å². The summed E-state index contributed by atoms with van der Waals surface area (Å²) < 4.78 is 9.80. The second kappa shape index (κ2) is 2.66. The molecule has 55 valence electrons. The Bertz CT molecular complexity index is 260. The van der Waals surface area contributed by atoms with Crippen LogP contribution in [0.4, 0.5) is 0 Å². The van der Waals surface area contributed by atoms with E-state index in [0.29, 0.717) is 0 Å². The smallest absolute Gasteiger partial charge is 0.0941 e. The van der Waals surface area contributed by atoms with E-state index in [1.807, 2.05) is 18.6 Å². The molecule has 2 rings (SSSR count). The molecule has 0 unspecified atom stereocenters. The highest BCUT2D eigenvalue weighted by molar-refractivity contribution is 5.31. The summed E-state index contributed by atoms with van der Waals surface area (Å²) in [5, 5.41) is 0. The van der Waals surface area contributed by atoms with Crippen LogP contribution < -0.4 is 0 Å². The van der Waals surface area contributed by atoms with Gasteiger partial charge in [0.25, 0.3) is 0 Å². The van der Waals surface area contributed by atoms with Crippen molar-refractivity contribution in [3.05, 3.63) is 54.7 Å². The molecule has 11 heavy (non-hydrogen) atoms. The second-order valence-corrected chi connectivity index (χ2v) is 2.26. The average Bonchev–Trinajstić information content (AvgIpc) is 2.60. The molecule has 0 amide bonds. The second-order valence-electron chi connectivity index (χ2n) is 2.26. The van der Waals surface area contributed by atoms with Crippen LogP contribution in [0.3, 0.4) is 0 Å². The van der Waals surface area contributed by atoms with Crippen LogP contribution in [0.5, 0.6) is 0 Å². The molecule has 0 saturated carbocycles. The van der Waals surface area contributed by atoms with Crippen LogP contribution in [-0.2, 0) is 0 Å². The quantitative estimate of drug-likeness (QED) is 0.652. The summed E-state index contributed by atoms with van der Waals surface area (Å²) in [5.41, 5.74) is 2.10. The van der Waals surface area contributed by atoms with Crippen molar-refractivity contribution in [3.8, 4) is 0 Å². The minimum Gasteiger partial charge on any atom is -0.472 e. The third-order valence-corrected chi connectivity index (χ3v) is 1.42. The van der Waals surface area contributed by atoms with Crippen LogP contribution in [0.2, 0.25) is 0 Å². The third kappa shape index (κ3) is 1.34. The molecule has 0 spiro atoms. The molecular weight excluding hydrogens is 140 g/mol. The highest BCUT2D eigenvalue weighted by Crippen LogP contribution is 2.11. The standard InChI is InChI=1S/C9H7O2/c1-3-10-6-8(1)5-9-2-4-11-7-9/h1-7H. The molecule has 0 N–H and O–H groups in total. The number of hydrogen-bond donors (Lipinski definition) is 0. The SMILES string of the molecule is [CH](c1ccoc1)c1ccoc1. The van der Waals surface area contributed by atoms with Crippen molar-refractivity contribution in [1.82, 2.24) is 0 Å². The van der Waals surface area contributed by atoms with Crippen LogP contribution in [0, 0.1) is 6.42 Å². The molecule has 0 aliphatic rings. The Labute approximate surface area is 64.4 Å². The molecule has 0 atom stereocenters. The van der Waals surface area contributed by atoms with Crippen molar-refractivity contribution in [1.29, 1.82) is 0 Å². The molecule has 0 fully saturated rings. The van der Waals surface area contributed by atoms with Gasteiger partial charge in [-0.1, -0.05) is 0 Å². The molecule has 1 radical (unpaired) electrons. The Morgan fingerprint density at radius 3 is 1.82 bits per heavy atom. The maximum absolute atomic E-state index is 4.90. The Balaban J connectivity index is 2.14. The van der Waals surface area contributed by atoms with Crippen LogP contribution in [0.25, 0.3) is 0 Å². The monoisotopic (exact) mass is 147 g/mol. The third-order valence-electron chi connectivity index (χ3n) is 1.42. The lowest BCUT2D eigenvalue weighted by atomic mass is 10.1.